The maximum atomic E-state index is 11.7. The van der Waals surface area contributed by atoms with Gasteiger partial charge in [-0.15, -0.1) is 5.73 Å². The highest BCUT2D eigenvalue weighted by atomic mass is 16.6. The molecule has 0 aliphatic heterocycles. The lowest BCUT2D eigenvalue weighted by Gasteiger charge is -2.22. The summed E-state index contributed by atoms with van der Waals surface area (Å²) in [4.78, 5) is 11.7. The van der Waals surface area contributed by atoms with Crippen LogP contribution in [-0.2, 0) is 11.2 Å². The van der Waals surface area contributed by atoms with E-state index in [1.54, 1.807) is 6.08 Å². The highest BCUT2D eigenvalue weighted by molar-refractivity contribution is 5.68. The van der Waals surface area contributed by atoms with Crippen LogP contribution in [0.25, 0.3) is 0 Å². The standard InChI is InChI=1S/C16H21NO2/c1-5-9-14(12-13-10-7-6-8-11-13)17-15(18)19-16(2,3)4/h6-11,14H,1,12H2,2-4H3,(H,17,18)/t14-/m1/s1. The van der Waals surface area contributed by atoms with Crippen LogP contribution in [0, 0.1) is 0 Å². The molecule has 1 aromatic carbocycles. The third-order valence-corrected chi connectivity index (χ3v) is 2.32. The second-order valence-corrected chi connectivity index (χ2v) is 5.31. The highest BCUT2D eigenvalue weighted by Gasteiger charge is 2.18. The summed E-state index contributed by atoms with van der Waals surface area (Å²) in [5.74, 6) is 0. The van der Waals surface area contributed by atoms with Crippen LogP contribution in [0.15, 0.2) is 48.7 Å². The minimum atomic E-state index is -0.501. The lowest BCUT2D eigenvalue weighted by Crippen LogP contribution is -2.39. The number of ether oxygens (including phenoxy) is 1. The van der Waals surface area contributed by atoms with E-state index in [2.05, 4.69) is 17.6 Å². The molecule has 19 heavy (non-hydrogen) atoms. The molecule has 1 aromatic rings. The monoisotopic (exact) mass is 259 g/mol. The molecule has 0 heterocycles. The maximum absolute atomic E-state index is 11.7. The van der Waals surface area contributed by atoms with E-state index in [4.69, 9.17) is 4.74 Å². The van der Waals surface area contributed by atoms with Crippen molar-refractivity contribution in [2.45, 2.75) is 38.8 Å². The Bertz CT molecular complexity index is 453. The fourth-order valence-corrected chi connectivity index (χ4v) is 1.62. The summed E-state index contributed by atoms with van der Waals surface area (Å²) in [7, 11) is 0. The van der Waals surface area contributed by atoms with Crippen LogP contribution in [0.5, 0.6) is 0 Å². The summed E-state index contributed by atoms with van der Waals surface area (Å²) in [5, 5.41) is 2.80. The topological polar surface area (TPSA) is 38.3 Å². The van der Waals surface area contributed by atoms with Gasteiger partial charge in [0.2, 0.25) is 0 Å². The first kappa shape index (κ1) is 15.1. The third-order valence-electron chi connectivity index (χ3n) is 2.32. The molecule has 0 unspecified atom stereocenters. The lowest BCUT2D eigenvalue weighted by atomic mass is 10.1. The van der Waals surface area contributed by atoms with Crippen molar-refractivity contribution < 1.29 is 9.53 Å². The first-order valence-electron chi connectivity index (χ1n) is 6.30. The molecule has 3 nitrogen and oxygen atoms in total. The molecule has 0 aliphatic carbocycles. The van der Waals surface area contributed by atoms with Crippen molar-refractivity contribution in [3.63, 3.8) is 0 Å². The molecule has 0 radical (unpaired) electrons. The number of carbonyl (C=O) groups is 1. The van der Waals surface area contributed by atoms with E-state index in [-0.39, 0.29) is 6.04 Å². The fourth-order valence-electron chi connectivity index (χ4n) is 1.62. The zero-order valence-corrected chi connectivity index (χ0v) is 11.8. The van der Waals surface area contributed by atoms with Crippen molar-refractivity contribution in [1.82, 2.24) is 5.32 Å². The number of hydrogen-bond donors (Lipinski definition) is 1. The van der Waals surface area contributed by atoms with Crippen molar-refractivity contribution in [1.29, 1.82) is 0 Å². The number of rotatable bonds is 4. The molecule has 0 bridgehead atoms. The van der Waals surface area contributed by atoms with Gasteiger partial charge in [0, 0.05) is 0 Å². The smallest absolute Gasteiger partial charge is 0.408 e. The predicted molar refractivity (Wildman–Crippen MR) is 77.0 cm³/mol. The molecule has 1 amide bonds. The van der Waals surface area contributed by atoms with E-state index >= 15 is 0 Å². The largest absolute Gasteiger partial charge is 0.444 e. The number of hydrogen-bond acceptors (Lipinski definition) is 2. The Morgan fingerprint density at radius 3 is 2.58 bits per heavy atom. The summed E-state index contributed by atoms with van der Waals surface area (Å²) >= 11 is 0. The molecule has 3 heteroatoms. The van der Waals surface area contributed by atoms with Gasteiger partial charge in [-0.3, -0.25) is 0 Å². The van der Waals surface area contributed by atoms with E-state index in [1.807, 2.05) is 51.1 Å². The highest BCUT2D eigenvalue weighted by Crippen LogP contribution is 2.08. The first-order chi connectivity index (χ1) is 8.90. The number of amides is 1. The third kappa shape index (κ3) is 6.49. The molecule has 1 N–H and O–H groups in total. The van der Waals surface area contributed by atoms with Gasteiger partial charge in [0.15, 0.2) is 0 Å². The van der Waals surface area contributed by atoms with E-state index < -0.39 is 11.7 Å². The molecule has 0 saturated carbocycles. The Morgan fingerprint density at radius 1 is 1.42 bits per heavy atom. The fraction of sp³-hybridized carbons (Fsp3) is 0.375. The molecule has 0 saturated heterocycles. The van der Waals surface area contributed by atoms with Crippen LogP contribution in [0.4, 0.5) is 4.79 Å². The van der Waals surface area contributed by atoms with Crippen LogP contribution in [0.3, 0.4) is 0 Å². The van der Waals surface area contributed by atoms with Crippen molar-refractivity contribution >= 4 is 6.09 Å². The van der Waals surface area contributed by atoms with Gasteiger partial charge in [-0.25, -0.2) is 4.79 Å². The van der Waals surface area contributed by atoms with Gasteiger partial charge < -0.3 is 10.1 Å². The molecule has 102 valence electrons. The minimum Gasteiger partial charge on any atom is -0.444 e. The van der Waals surface area contributed by atoms with Gasteiger partial charge in [0.1, 0.15) is 5.60 Å². The summed E-state index contributed by atoms with van der Waals surface area (Å²) in [5.41, 5.74) is 3.34. The van der Waals surface area contributed by atoms with Gasteiger partial charge >= 0.3 is 6.09 Å². The summed E-state index contributed by atoms with van der Waals surface area (Å²) in [6.07, 6.45) is 1.99. The minimum absolute atomic E-state index is 0.172. The molecule has 0 aromatic heterocycles. The van der Waals surface area contributed by atoms with E-state index in [0.717, 1.165) is 5.56 Å². The molecular formula is C16H21NO2. The zero-order valence-electron chi connectivity index (χ0n) is 11.8. The second-order valence-electron chi connectivity index (χ2n) is 5.31. The van der Waals surface area contributed by atoms with Gasteiger partial charge in [0.05, 0.1) is 6.04 Å². The average molecular weight is 259 g/mol. The second kappa shape index (κ2) is 6.81. The molecule has 0 fully saturated rings. The first-order valence-corrected chi connectivity index (χ1v) is 6.30. The predicted octanol–water partition coefficient (Wildman–Crippen LogP) is 3.46. The van der Waals surface area contributed by atoms with Gasteiger partial charge in [0.25, 0.3) is 0 Å². The molecule has 1 rings (SSSR count). The van der Waals surface area contributed by atoms with E-state index in [1.165, 1.54) is 0 Å². The summed E-state index contributed by atoms with van der Waals surface area (Å²) in [6, 6.07) is 9.76. The van der Waals surface area contributed by atoms with Crippen molar-refractivity contribution in [2.24, 2.45) is 0 Å². The SMILES string of the molecule is C=C=C[C@H](Cc1ccccc1)NC(=O)OC(C)(C)C. The molecule has 0 aliphatic rings. The number of nitrogens with one attached hydrogen (secondary N) is 1. The number of alkyl carbamates (subject to hydrolysis) is 1. The van der Waals surface area contributed by atoms with Crippen LogP contribution < -0.4 is 5.32 Å². The van der Waals surface area contributed by atoms with Crippen molar-refractivity contribution in [3.8, 4) is 0 Å². The number of benzene rings is 1. The molecule has 1 atom stereocenters. The quantitative estimate of drug-likeness (QED) is 0.841. The Kier molecular flexibility index (Phi) is 5.40. The number of carbonyl (C=O) groups excluding carboxylic acids is 1. The van der Waals surface area contributed by atoms with E-state index in [0.29, 0.717) is 6.42 Å². The van der Waals surface area contributed by atoms with Crippen LogP contribution in [-0.4, -0.2) is 17.7 Å². The van der Waals surface area contributed by atoms with Crippen LogP contribution in [0.2, 0.25) is 0 Å². The van der Waals surface area contributed by atoms with Gasteiger partial charge in [-0.2, -0.15) is 0 Å². The van der Waals surface area contributed by atoms with Gasteiger partial charge in [-0.05, 0) is 38.8 Å². The van der Waals surface area contributed by atoms with Crippen molar-refractivity contribution in [2.75, 3.05) is 0 Å². The van der Waals surface area contributed by atoms with Crippen molar-refractivity contribution in [3.05, 3.63) is 54.3 Å². The Labute approximate surface area is 115 Å². The average Bonchev–Trinajstić information content (AvgIpc) is 2.27. The Morgan fingerprint density at radius 2 is 2.05 bits per heavy atom. The summed E-state index contributed by atoms with van der Waals surface area (Å²) < 4.78 is 5.23. The lowest BCUT2D eigenvalue weighted by molar-refractivity contribution is 0.0514. The Balaban J connectivity index is 2.63. The summed E-state index contributed by atoms with van der Waals surface area (Å²) in [6.45, 7) is 9.06. The zero-order chi connectivity index (χ0) is 14.3. The van der Waals surface area contributed by atoms with Crippen LogP contribution in [0.1, 0.15) is 26.3 Å². The molecule has 0 spiro atoms. The van der Waals surface area contributed by atoms with Gasteiger partial charge in [-0.1, -0.05) is 36.9 Å². The maximum Gasteiger partial charge on any atom is 0.408 e. The van der Waals surface area contributed by atoms with Crippen LogP contribution >= 0.6 is 0 Å². The molecular weight excluding hydrogens is 238 g/mol. The normalized spacial score (nSPS) is 12.2. The Hall–Kier alpha value is -1.99. The van der Waals surface area contributed by atoms with E-state index in [9.17, 15) is 4.79 Å².